The summed E-state index contributed by atoms with van der Waals surface area (Å²) in [4.78, 5) is 19.6. The van der Waals surface area contributed by atoms with E-state index in [1.165, 1.54) is 17.3 Å². The molecule has 2 aromatic carbocycles. The number of para-hydroxylation sites is 1. The number of nitrogens with zero attached hydrogens (tertiary/aromatic N) is 3. The third-order valence-electron chi connectivity index (χ3n) is 4.94. The van der Waals surface area contributed by atoms with E-state index in [0.717, 1.165) is 41.7 Å². The van der Waals surface area contributed by atoms with Crippen molar-refractivity contribution >= 4 is 23.4 Å². The van der Waals surface area contributed by atoms with Crippen LogP contribution >= 0.6 is 11.8 Å². The molecule has 0 radical (unpaired) electrons. The van der Waals surface area contributed by atoms with Crippen molar-refractivity contribution < 1.29 is 9.53 Å². The van der Waals surface area contributed by atoms with Gasteiger partial charge in [0.25, 0.3) is 0 Å². The molecule has 1 aliphatic rings. The summed E-state index contributed by atoms with van der Waals surface area (Å²) in [5.74, 6) is 0.911. The standard InChI is InChI=1S/C22H23N3O2S/c1-16(21(26)25-13-6-8-17-7-3-4-11-20(17)25)28-22-23-12-14-24(22)18-9-5-10-19(15-18)27-2/h3-5,7,9-12,14-16H,6,8,13H2,1-2H3. The summed E-state index contributed by atoms with van der Waals surface area (Å²) < 4.78 is 7.31. The Kier molecular flexibility index (Phi) is 5.39. The second-order valence-electron chi connectivity index (χ2n) is 6.76. The summed E-state index contributed by atoms with van der Waals surface area (Å²) in [5.41, 5.74) is 3.25. The predicted octanol–water partition coefficient (Wildman–Crippen LogP) is 4.34. The monoisotopic (exact) mass is 393 g/mol. The van der Waals surface area contributed by atoms with Crippen LogP contribution in [0.25, 0.3) is 5.69 Å². The van der Waals surface area contributed by atoms with Crippen molar-refractivity contribution in [3.63, 3.8) is 0 Å². The van der Waals surface area contributed by atoms with Gasteiger partial charge in [-0.15, -0.1) is 0 Å². The largest absolute Gasteiger partial charge is 0.497 e. The molecule has 144 valence electrons. The van der Waals surface area contributed by atoms with Crippen molar-refractivity contribution in [1.82, 2.24) is 9.55 Å². The van der Waals surface area contributed by atoms with Gasteiger partial charge >= 0.3 is 0 Å². The van der Waals surface area contributed by atoms with E-state index in [0.29, 0.717) is 0 Å². The quantitative estimate of drug-likeness (QED) is 0.605. The lowest BCUT2D eigenvalue weighted by Gasteiger charge is -2.31. The van der Waals surface area contributed by atoms with Crippen LogP contribution in [0.2, 0.25) is 0 Å². The van der Waals surface area contributed by atoms with Gasteiger partial charge in [-0.25, -0.2) is 4.98 Å². The molecule has 0 N–H and O–H groups in total. The number of methoxy groups -OCH3 is 1. The second-order valence-corrected chi connectivity index (χ2v) is 8.07. The van der Waals surface area contributed by atoms with Crippen LogP contribution in [0.4, 0.5) is 5.69 Å². The average Bonchev–Trinajstić information content (AvgIpc) is 3.21. The minimum Gasteiger partial charge on any atom is -0.497 e. The maximum atomic E-state index is 13.2. The van der Waals surface area contributed by atoms with Gasteiger partial charge in [0.15, 0.2) is 5.16 Å². The first-order valence-corrected chi connectivity index (χ1v) is 10.3. The SMILES string of the molecule is COc1cccc(-n2ccnc2SC(C)C(=O)N2CCCc3ccccc32)c1. The summed E-state index contributed by atoms with van der Waals surface area (Å²) in [5, 5.41) is 0.553. The first-order chi connectivity index (χ1) is 13.7. The molecule has 2 heterocycles. The lowest BCUT2D eigenvalue weighted by Crippen LogP contribution is -2.40. The van der Waals surface area contributed by atoms with Gasteiger partial charge in [0.2, 0.25) is 5.91 Å². The number of benzene rings is 2. The molecule has 6 heteroatoms. The normalized spacial score (nSPS) is 14.4. The molecular formula is C22H23N3O2S. The van der Waals surface area contributed by atoms with E-state index >= 15 is 0 Å². The molecule has 5 nitrogen and oxygen atoms in total. The second kappa shape index (κ2) is 8.10. The number of hydrogen-bond acceptors (Lipinski definition) is 4. The Morgan fingerprint density at radius 1 is 1.21 bits per heavy atom. The highest BCUT2D eigenvalue weighted by Gasteiger charge is 2.27. The first kappa shape index (κ1) is 18.6. The number of thioether (sulfide) groups is 1. The van der Waals surface area contributed by atoms with Crippen LogP contribution in [-0.2, 0) is 11.2 Å². The zero-order chi connectivity index (χ0) is 19.5. The predicted molar refractivity (Wildman–Crippen MR) is 113 cm³/mol. The molecular weight excluding hydrogens is 370 g/mol. The molecule has 0 saturated heterocycles. The number of amides is 1. The molecule has 1 aromatic heterocycles. The lowest BCUT2D eigenvalue weighted by atomic mass is 10.0. The van der Waals surface area contributed by atoms with Crippen LogP contribution in [0.5, 0.6) is 5.75 Å². The molecule has 0 saturated carbocycles. The number of carbonyl (C=O) groups is 1. The Balaban J connectivity index is 1.54. The molecule has 1 amide bonds. The molecule has 0 spiro atoms. The van der Waals surface area contributed by atoms with Gasteiger partial charge in [-0.1, -0.05) is 36.0 Å². The first-order valence-electron chi connectivity index (χ1n) is 9.41. The minimum atomic E-state index is -0.238. The molecule has 0 fully saturated rings. The summed E-state index contributed by atoms with van der Waals surface area (Å²) in [6.07, 6.45) is 5.69. The van der Waals surface area contributed by atoms with Gasteiger partial charge in [0.1, 0.15) is 5.75 Å². The Bertz CT molecular complexity index is 985. The average molecular weight is 394 g/mol. The van der Waals surface area contributed by atoms with Crippen LogP contribution in [-0.4, -0.2) is 34.4 Å². The van der Waals surface area contributed by atoms with Gasteiger partial charge in [0.05, 0.1) is 18.0 Å². The molecule has 3 aromatic rings. The van der Waals surface area contributed by atoms with Gasteiger partial charge < -0.3 is 9.64 Å². The molecule has 1 unspecified atom stereocenters. The zero-order valence-electron chi connectivity index (χ0n) is 16.0. The summed E-state index contributed by atoms with van der Waals surface area (Å²) >= 11 is 1.48. The van der Waals surface area contributed by atoms with E-state index in [1.807, 2.05) is 65.1 Å². The number of fused-ring (bicyclic) bond motifs is 1. The van der Waals surface area contributed by atoms with Gasteiger partial charge in [-0.05, 0) is 43.5 Å². The third-order valence-corrected chi connectivity index (χ3v) is 6.01. The van der Waals surface area contributed by atoms with Crippen molar-refractivity contribution in [2.45, 2.75) is 30.2 Å². The van der Waals surface area contributed by atoms with Crippen LogP contribution < -0.4 is 9.64 Å². The van der Waals surface area contributed by atoms with E-state index in [-0.39, 0.29) is 11.2 Å². The molecule has 4 rings (SSSR count). The van der Waals surface area contributed by atoms with Crippen molar-refractivity contribution in [2.24, 2.45) is 0 Å². The van der Waals surface area contributed by atoms with Crippen molar-refractivity contribution in [3.05, 3.63) is 66.5 Å². The smallest absolute Gasteiger partial charge is 0.240 e. The topological polar surface area (TPSA) is 47.4 Å². The Hall–Kier alpha value is -2.73. The number of aromatic nitrogens is 2. The number of anilines is 1. The van der Waals surface area contributed by atoms with E-state index < -0.39 is 0 Å². The van der Waals surface area contributed by atoms with Gasteiger partial charge in [-0.3, -0.25) is 9.36 Å². The van der Waals surface area contributed by atoms with E-state index in [2.05, 4.69) is 11.1 Å². The Morgan fingerprint density at radius 2 is 2.07 bits per heavy atom. The van der Waals surface area contributed by atoms with Crippen molar-refractivity contribution in [2.75, 3.05) is 18.6 Å². The van der Waals surface area contributed by atoms with Crippen LogP contribution in [0, 0.1) is 0 Å². The summed E-state index contributed by atoms with van der Waals surface area (Å²) in [6, 6.07) is 16.0. The van der Waals surface area contributed by atoms with Crippen molar-refractivity contribution in [1.29, 1.82) is 0 Å². The lowest BCUT2D eigenvalue weighted by molar-refractivity contribution is -0.117. The fraction of sp³-hybridized carbons (Fsp3) is 0.273. The van der Waals surface area contributed by atoms with Crippen LogP contribution in [0.15, 0.2) is 66.1 Å². The highest BCUT2D eigenvalue weighted by Crippen LogP contribution is 2.31. The maximum absolute atomic E-state index is 13.2. The van der Waals surface area contributed by atoms with Crippen molar-refractivity contribution in [3.8, 4) is 11.4 Å². The molecule has 0 aliphatic carbocycles. The Labute approximate surface area is 169 Å². The fourth-order valence-electron chi connectivity index (χ4n) is 3.52. The number of ether oxygens (including phenoxy) is 1. The van der Waals surface area contributed by atoms with Crippen LogP contribution in [0.1, 0.15) is 18.9 Å². The van der Waals surface area contributed by atoms with Gasteiger partial charge in [0, 0.05) is 30.7 Å². The van der Waals surface area contributed by atoms with Gasteiger partial charge in [-0.2, -0.15) is 0 Å². The molecule has 1 atom stereocenters. The number of aryl methyl sites for hydroxylation is 1. The number of imidazole rings is 1. The number of carbonyl (C=O) groups excluding carboxylic acids is 1. The highest BCUT2D eigenvalue weighted by molar-refractivity contribution is 8.00. The van der Waals surface area contributed by atoms with E-state index in [4.69, 9.17) is 4.74 Å². The van der Waals surface area contributed by atoms with Crippen LogP contribution in [0.3, 0.4) is 0 Å². The zero-order valence-corrected chi connectivity index (χ0v) is 16.9. The van der Waals surface area contributed by atoms with E-state index in [1.54, 1.807) is 13.3 Å². The molecule has 0 bridgehead atoms. The summed E-state index contributed by atoms with van der Waals surface area (Å²) in [6.45, 7) is 2.72. The number of hydrogen-bond donors (Lipinski definition) is 0. The Morgan fingerprint density at radius 3 is 2.93 bits per heavy atom. The van der Waals surface area contributed by atoms with E-state index in [9.17, 15) is 4.79 Å². The third kappa shape index (κ3) is 3.64. The molecule has 28 heavy (non-hydrogen) atoms. The summed E-state index contributed by atoms with van der Waals surface area (Å²) in [7, 11) is 1.65. The highest BCUT2D eigenvalue weighted by atomic mass is 32.2. The minimum absolute atomic E-state index is 0.123. The number of rotatable bonds is 5. The fourth-order valence-corrected chi connectivity index (χ4v) is 4.47. The molecule has 1 aliphatic heterocycles. The maximum Gasteiger partial charge on any atom is 0.240 e.